The van der Waals surface area contributed by atoms with Crippen LogP contribution in [0.15, 0.2) is 36.4 Å². The van der Waals surface area contributed by atoms with Gasteiger partial charge >= 0.3 is 0 Å². The number of aryl methyl sites for hydroxylation is 2. The second-order valence-corrected chi connectivity index (χ2v) is 7.90. The highest BCUT2D eigenvalue weighted by Gasteiger charge is 2.16. The topological polar surface area (TPSA) is 75.7 Å². The average molecular weight is 362 g/mol. The molecule has 0 heterocycles. The van der Waals surface area contributed by atoms with E-state index in [0.29, 0.717) is 28.3 Å². The molecule has 0 aliphatic heterocycles. The Kier molecular flexibility index (Phi) is 5.37. The van der Waals surface area contributed by atoms with Crippen LogP contribution in [0, 0.1) is 13.8 Å². The monoisotopic (exact) mass is 362 g/mol. The fourth-order valence-corrected chi connectivity index (χ4v) is 3.00. The lowest BCUT2D eigenvalue weighted by atomic mass is 10.1. The van der Waals surface area contributed by atoms with E-state index in [1.807, 2.05) is 19.1 Å². The predicted octanol–water partition coefficient (Wildman–Crippen LogP) is 2.96. The Labute approximate surface area is 148 Å². The van der Waals surface area contributed by atoms with E-state index >= 15 is 0 Å². The summed E-state index contributed by atoms with van der Waals surface area (Å²) in [6.07, 6.45) is 1.14. The summed E-state index contributed by atoms with van der Waals surface area (Å²) >= 11 is 0. The standard InChI is InChI=1S/C18H22N2O4S/c1-12-6-9-17(24-4)15(10-12)19-18(21)14-7-8-16(13(2)11-14)20(3)25(5,22)23/h6-11H,1-5H3,(H,19,21). The van der Waals surface area contributed by atoms with Gasteiger partial charge in [-0.3, -0.25) is 9.10 Å². The summed E-state index contributed by atoms with van der Waals surface area (Å²) in [6.45, 7) is 3.69. The van der Waals surface area contributed by atoms with Crippen molar-refractivity contribution < 1.29 is 17.9 Å². The first kappa shape index (κ1) is 18.8. The Morgan fingerprint density at radius 3 is 2.36 bits per heavy atom. The molecule has 0 saturated heterocycles. The number of amides is 1. The van der Waals surface area contributed by atoms with Gasteiger partial charge in [0.1, 0.15) is 5.75 Å². The third-order valence-electron chi connectivity index (χ3n) is 3.90. The van der Waals surface area contributed by atoms with E-state index in [2.05, 4.69) is 5.32 Å². The van der Waals surface area contributed by atoms with E-state index in [4.69, 9.17) is 4.74 Å². The van der Waals surface area contributed by atoms with Crippen molar-refractivity contribution in [3.63, 3.8) is 0 Å². The van der Waals surface area contributed by atoms with Crippen LogP contribution in [0.25, 0.3) is 0 Å². The zero-order chi connectivity index (χ0) is 18.8. The molecule has 1 amide bonds. The predicted molar refractivity (Wildman–Crippen MR) is 100 cm³/mol. The SMILES string of the molecule is COc1ccc(C)cc1NC(=O)c1ccc(N(C)S(C)(=O)=O)c(C)c1. The number of rotatable bonds is 5. The molecule has 0 atom stereocenters. The highest BCUT2D eigenvalue weighted by molar-refractivity contribution is 7.92. The number of anilines is 2. The number of carbonyl (C=O) groups is 1. The van der Waals surface area contributed by atoms with E-state index in [1.54, 1.807) is 38.3 Å². The molecule has 0 spiro atoms. The quantitative estimate of drug-likeness (QED) is 0.887. The van der Waals surface area contributed by atoms with Crippen molar-refractivity contribution in [2.45, 2.75) is 13.8 Å². The molecule has 1 N–H and O–H groups in total. The van der Waals surface area contributed by atoms with Gasteiger partial charge in [-0.25, -0.2) is 8.42 Å². The number of sulfonamides is 1. The molecule has 0 fully saturated rings. The van der Waals surface area contributed by atoms with Gasteiger partial charge in [0.05, 0.1) is 24.7 Å². The van der Waals surface area contributed by atoms with E-state index < -0.39 is 10.0 Å². The number of methoxy groups -OCH3 is 1. The molecule has 0 aliphatic rings. The first-order valence-corrected chi connectivity index (χ1v) is 9.49. The maximum Gasteiger partial charge on any atom is 0.255 e. The Morgan fingerprint density at radius 1 is 1.12 bits per heavy atom. The van der Waals surface area contributed by atoms with Crippen molar-refractivity contribution in [1.82, 2.24) is 0 Å². The second-order valence-electron chi connectivity index (χ2n) is 5.89. The van der Waals surface area contributed by atoms with Crippen LogP contribution in [0.4, 0.5) is 11.4 Å². The molecule has 2 aromatic carbocycles. The number of hydrogen-bond acceptors (Lipinski definition) is 4. The third-order valence-corrected chi connectivity index (χ3v) is 5.09. The Morgan fingerprint density at radius 2 is 1.80 bits per heavy atom. The lowest BCUT2D eigenvalue weighted by Gasteiger charge is -2.19. The lowest BCUT2D eigenvalue weighted by molar-refractivity contribution is 0.102. The summed E-state index contributed by atoms with van der Waals surface area (Å²) in [5, 5.41) is 2.83. The Bertz CT molecular complexity index is 907. The van der Waals surface area contributed by atoms with Gasteiger partial charge in [0, 0.05) is 12.6 Å². The van der Waals surface area contributed by atoms with Crippen LogP contribution in [0.1, 0.15) is 21.5 Å². The van der Waals surface area contributed by atoms with Crippen LogP contribution in [-0.4, -0.2) is 34.7 Å². The lowest BCUT2D eigenvalue weighted by Crippen LogP contribution is -2.25. The minimum atomic E-state index is -3.36. The van der Waals surface area contributed by atoms with Gasteiger partial charge in [-0.2, -0.15) is 0 Å². The van der Waals surface area contributed by atoms with Crippen LogP contribution in [0.2, 0.25) is 0 Å². The number of nitrogens with zero attached hydrogens (tertiary/aromatic N) is 1. The van der Waals surface area contributed by atoms with Crippen LogP contribution >= 0.6 is 0 Å². The fraction of sp³-hybridized carbons (Fsp3) is 0.278. The zero-order valence-corrected chi connectivity index (χ0v) is 15.8. The molecule has 25 heavy (non-hydrogen) atoms. The van der Waals surface area contributed by atoms with Gasteiger partial charge in [-0.1, -0.05) is 6.07 Å². The summed E-state index contributed by atoms with van der Waals surface area (Å²) in [6, 6.07) is 10.4. The molecule has 0 aliphatic carbocycles. The van der Waals surface area contributed by atoms with Crippen molar-refractivity contribution >= 4 is 27.3 Å². The number of hydrogen-bond donors (Lipinski definition) is 1. The molecule has 0 unspecified atom stereocenters. The first-order valence-electron chi connectivity index (χ1n) is 7.64. The summed E-state index contributed by atoms with van der Waals surface area (Å²) in [7, 11) is -0.334. The van der Waals surface area contributed by atoms with Gasteiger partial charge in [0.2, 0.25) is 10.0 Å². The summed E-state index contributed by atoms with van der Waals surface area (Å²) in [4.78, 5) is 12.5. The summed E-state index contributed by atoms with van der Waals surface area (Å²) in [5.74, 6) is 0.282. The van der Waals surface area contributed by atoms with E-state index in [1.165, 1.54) is 11.4 Å². The molecule has 6 nitrogen and oxygen atoms in total. The molecule has 134 valence electrons. The molecule has 2 rings (SSSR count). The largest absolute Gasteiger partial charge is 0.495 e. The summed E-state index contributed by atoms with van der Waals surface area (Å²) < 4.78 is 29.8. The smallest absolute Gasteiger partial charge is 0.255 e. The molecule has 0 saturated carbocycles. The second kappa shape index (κ2) is 7.14. The number of ether oxygens (including phenoxy) is 1. The average Bonchev–Trinajstić information content (AvgIpc) is 2.53. The zero-order valence-electron chi connectivity index (χ0n) is 15.0. The molecule has 2 aromatic rings. The highest BCUT2D eigenvalue weighted by Crippen LogP contribution is 2.27. The van der Waals surface area contributed by atoms with Crippen LogP contribution < -0.4 is 14.4 Å². The molecule has 0 aromatic heterocycles. The first-order chi connectivity index (χ1) is 11.6. The van der Waals surface area contributed by atoms with Gasteiger partial charge in [0.25, 0.3) is 5.91 Å². The number of nitrogens with one attached hydrogen (secondary N) is 1. The summed E-state index contributed by atoms with van der Waals surface area (Å²) in [5.41, 5.74) is 3.25. The van der Waals surface area contributed by atoms with Crippen LogP contribution in [-0.2, 0) is 10.0 Å². The van der Waals surface area contributed by atoms with E-state index in [9.17, 15) is 13.2 Å². The van der Waals surface area contributed by atoms with E-state index in [0.717, 1.165) is 11.8 Å². The van der Waals surface area contributed by atoms with Crippen molar-refractivity contribution in [2.75, 3.05) is 30.0 Å². The molecule has 7 heteroatoms. The Hall–Kier alpha value is -2.54. The maximum atomic E-state index is 12.5. The van der Waals surface area contributed by atoms with Crippen LogP contribution in [0.3, 0.4) is 0 Å². The number of benzene rings is 2. The number of carbonyl (C=O) groups excluding carboxylic acids is 1. The van der Waals surface area contributed by atoms with Crippen molar-refractivity contribution in [3.8, 4) is 5.75 Å². The van der Waals surface area contributed by atoms with Crippen molar-refractivity contribution in [3.05, 3.63) is 53.1 Å². The van der Waals surface area contributed by atoms with Crippen molar-refractivity contribution in [1.29, 1.82) is 0 Å². The molecular weight excluding hydrogens is 340 g/mol. The molecule has 0 bridgehead atoms. The van der Waals surface area contributed by atoms with Crippen molar-refractivity contribution in [2.24, 2.45) is 0 Å². The van der Waals surface area contributed by atoms with Crippen LogP contribution in [0.5, 0.6) is 5.75 Å². The minimum Gasteiger partial charge on any atom is -0.495 e. The maximum absolute atomic E-state index is 12.5. The minimum absolute atomic E-state index is 0.291. The van der Waals surface area contributed by atoms with Gasteiger partial charge < -0.3 is 10.1 Å². The fourth-order valence-electron chi connectivity index (χ4n) is 2.44. The molecule has 0 radical (unpaired) electrons. The van der Waals surface area contributed by atoms with Gasteiger partial charge in [-0.05, 0) is 55.3 Å². The normalized spacial score (nSPS) is 11.1. The van der Waals surface area contributed by atoms with E-state index in [-0.39, 0.29) is 5.91 Å². The molecular formula is C18H22N2O4S. The third kappa shape index (κ3) is 4.30. The highest BCUT2D eigenvalue weighted by atomic mass is 32.2. The van der Waals surface area contributed by atoms with Gasteiger partial charge in [-0.15, -0.1) is 0 Å². The Balaban J connectivity index is 2.30. The van der Waals surface area contributed by atoms with Gasteiger partial charge in [0.15, 0.2) is 0 Å².